The molecule has 0 bridgehead atoms. The average molecular weight is 330 g/mol. The first-order valence-electron chi connectivity index (χ1n) is 6.74. The highest BCUT2D eigenvalue weighted by Crippen LogP contribution is 2.34. The fourth-order valence-corrected chi connectivity index (χ4v) is 3.41. The first-order chi connectivity index (χ1) is 10.7. The Balaban J connectivity index is 2.00. The number of rotatable bonds is 3. The summed E-state index contributed by atoms with van der Waals surface area (Å²) in [7, 11) is 0. The molecule has 0 fully saturated rings. The molecule has 0 saturated carbocycles. The van der Waals surface area contributed by atoms with E-state index in [1.165, 1.54) is 0 Å². The van der Waals surface area contributed by atoms with Crippen LogP contribution in [-0.2, 0) is 0 Å². The maximum atomic E-state index is 6.44. The molecule has 0 saturated heterocycles. The van der Waals surface area contributed by atoms with Crippen LogP contribution in [0.1, 0.15) is 17.5 Å². The van der Waals surface area contributed by atoms with E-state index >= 15 is 0 Å². The Morgan fingerprint density at radius 2 is 2.14 bits per heavy atom. The Morgan fingerprint density at radius 1 is 1.23 bits per heavy atom. The Kier molecular flexibility index (Phi) is 3.26. The standard InChI is InChI=1S/C16H12ClN3OS/c17-10-5-6-13-19-15(12-4-2-8-22-12)16(20(13)9-10)14(18)11-3-1-7-21-11/h1-9,14H,18H2. The lowest BCUT2D eigenvalue weighted by molar-refractivity contribution is 0.486. The number of hydrogen-bond donors (Lipinski definition) is 1. The van der Waals surface area contributed by atoms with Crippen LogP contribution in [0, 0.1) is 0 Å². The molecule has 0 aromatic carbocycles. The van der Waals surface area contributed by atoms with Gasteiger partial charge in [0, 0.05) is 6.20 Å². The minimum atomic E-state index is -0.416. The first-order valence-corrected chi connectivity index (χ1v) is 8.00. The van der Waals surface area contributed by atoms with E-state index in [9.17, 15) is 0 Å². The number of furan rings is 1. The van der Waals surface area contributed by atoms with E-state index in [1.54, 1.807) is 17.6 Å². The van der Waals surface area contributed by atoms with Crippen LogP contribution >= 0.6 is 22.9 Å². The molecule has 1 atom stereocenters. The van der Waals surface area contributed by atoms with Crippen molar-refractivity contribution in [2.75, 3.05) is 0 Å². The molecule has 0 radical (unpaired) electrons. The topological polar surface area (TPSA) is 56.5 Å². The molecule has 2 N–H and O–H groups in total. The molecule has 0 aliphatic carbocycles. The van der Waals surface area contributed by atoms with E-state index < -0.39 is 6.04 Å². The summed E-state index contributed by atoms with van der Waals surface area (Å²) >= 11 is 7.77. The van der Waals surface area contributed by atoms with Gasteiger partial charge >= 0.3 is 0 Å². The summed E-state index contributed by atoms with van der Waals surface area (Å²) < 4.78 is 7.41. The largest absolute Gasteiger partial charge is 0.467 e. The van der Waals surface area contributed by atoms with Gasteiger partial charge in [-0.25, -0.2) is 4.98 Å². The van der Waals surface area contributed by atoms with Crippen LogP contribution in [0.25, 0.3) is 16.2 Å². The number of fused-ring (bicyclic) bond motifs is 1. The molecule has 4 nitrogen and oxygen atoms in total. The molecule has 0 aliphatic rings. The van der Waals surface area contributed by atoms with Crippen molar-refractivity contribution >= 4 is 28.6 Å². The van der Waals surface area contributed by atoms with Crippen molar-refractivity contribution in [1.29, 1.82) is 0 Å². The number of pyridine rings is 1. The normalized spacial score (nSPS) is 12.8. The fraction of sp³-hybridized carbons (Fsp3) is 0.0625. The smallest absolute Gasteiger partial charge is 0.137 e. The minimum Gasteiger partial charge on any atom is -0.467 e. The van der Waals surface area contributed by atoms with Gasteiger partial charge in [0.2, 0.25) is 0 Å². The van der Waals surface area contributed by atoms with Gasteiger partial charge in [0.1, 0.15) is 23.1 Å². The Morgan fingerprint density at radius 3 is 2.86 bits per heavy atom. The van der Waals surface area contributed by atoms with Gasteiger partial charge in [-0.2, -0.15) is 0 Å². The van der Waals surface area contributed by atoms with E-state index in [-0.39, 0.29) is 0 Å². The van der Waals surface area contributed by atoms with Crippen LogP contribution in [0.2, 0.25) is 5.02 Å². The second-order valence-electron chi connectivity index (χ2n) is 4.89. The molecule has 0 spiro atoms. The second-order valence-corrected chi connectivity index (χ2v) is 6.28. The average Bonchev–Trinajstić information content (AvgIpc) is 3.25. The minimum absolute atomic E-state index is 0.416. The molecule has 1 unspecified atom stereocenters. The molecular weight excluding hydrogens is 318 g/mol. The van der Waals surface area contributed by atoms with Crippen molar-refractivity contribution in [1.82, 2.24) is 9.38 Å². The van der Waals surface area contributed by atoms with Crippen LogP contribution in [0.5, 0.6) is 0 Å². The van der Waals surface area contributed by atoms with Gasteiger partial charge in [-0.3, -0.25) is 4.40 Å². The number of nitrogens with two attached hydrogens (primary N) is 1. The molecule has 6 heteroatoms. The monoisotopic (exact) mass is 329 g/mol. The Bertz CT molecular complexity index is 913. The van der Waals surface area contributed by atoms with E-state index in [4.69, 9.17) is 26.7 Å². The van der Waals surface area contributed by atoms with Crippen molar-refractivity contribution < 1.29 is 4.42 Å². The third kappa shape index (κ3) is 2.14. The molecule has 110 valence electrons. The quantitative estimate of drug-likeness (QED) is 0.607. The number of aromatic nitrogens is 2. The Labute approximate surface area is 135 Å². The molecule has 4 rings (SSSR count). The molecule has 4 heterocycles. The van der Waals surface area contributed by atoms with E-state index in [0.717, 1.165) is 21.9 Å². The lowest BCUT2D eigenvalue weighted by atomic mass is 10.1. The molecular formula is C16H12ClN3OS. The summed E-state index contributed by atoms with van der Waals surface area (Å²) in [6, 6.07) is 11.0. The highest BCUT2D eigenvalue weighted by Gasteiger charge is 2.23. The maximum absolute atomic E-state index is 6.44. The first kappa shape index (κ1) is 13.6. The Hall–Kier alpha value is -2.08. The maximum Gasteiger partial charge on any atom is 0.137 e. The van der Waals surface area contributed by atoms with Crippen molar-refractivity contribution in [2.24, 2.45) is 5.73 Å². The van der Waals surface area contributed by atoms with Crippen LogP contribution in [0.3, 0.4) is 0 Å². The van der Waals surface area contributed by atoms with E-state index in [0.29, 0.717) is 10.8 Å². The molecule has 22 heavy (non-hydrogen) atoms. The number of nitrogens with zero attached hydrogens (tertiary/aromatic N) is 2. The predicted molar refractivity (Wildman–Crippen MR) is 88.3 cm³/mol. The zero-order valence-electron chi connectivity index (χ0n) is 11.4. The highest BCUT2D eigenvalue weighted by molar-refractivity contribution is 7.13. The summed E-state index contributed by atoms with van der Waals surface area (Å²) in [6.07, 6.45) is 3.45. The van der Waals surface area contributed by atoms with Crippen LogP contribution in [-0.4, -0.2) is 9.38 Å². The van der Waals surface area contributed by atoms with Gasteiger partial charge in [-0.1, -0.05) is 17.7 Å². The third-order valence-corrected chi connectivity index (χ3v) is 4.62. The van der Waals surface area contributed by atoms with Gasteiger partial charge in [0.15, 0.2) is 0 Å². The van der Waals surface area contributed by atoms with Crippen LogP contribution in [0.15, 0.2) is 58.7 Å². The lowest BCUT2D eigenvalue weighted by Crippen LogP contribution is -2.14. The van der Waals surface area contributed by atoms with Crippen molar-refractivity contribution in [3.63, 3.8) is 0 Å². The molecule has 4 aromatic heterocycles. The molecule has 0 amide bonds. The zero-order chi connectivity index (χ0) is 15.1. The summed E-state index contributed by atoms with van der Waals surface area (Å²) in [5, 5.41) is 2.66. The van der Waals surface area contributed by atoms with Gasteiger partial charge in [0.05, 0.1) is 21.9 Å². The second kappa shape index (κ2) is 5.28. The third-order valence-electron chi connectivity index (χ3n) is 3.52. The van der Waals surface area contributed by atoms with Crippen molar-refractivity contribution in [2.45, 2.75) is 6.04 Å². The van der Waals surface area contributed by atoms with Gasteiger partial charge in [-0.15, -0.1) is 11.3 Å². The van der Waals surface area contributed by atoms with Gasteiger partial charge < -0.3 is 10.2 Å². The van der Waals surface area contributed by atoms with Gasteiger partial charge in [-0.05, 0) is 35.7 Å². The van der Waals surface area contributed by atoms with E-state index in [2.05, 4.69) is 0 Å². The van der Waals surface area contributed by atoms with Gasteiger partial charge in [0.25, 0.3) is 0 Å². The zero-order valence-corrected chi connectivity index (χ0v) is 13.0. The molecule has 4 aromatic rings. The van der Waals surface area contributed by atoms with Crippen LogP contribution < -0.4 is 5.73 Å². The van der Waals surface area contributed by atoms with Crippen molar-refractivity contribution in [3.8, 4) is 10.6 Å². The van der Waals surface area contributed by atoms with Crippen molar-refractivity contribution in [3.05, 3.63) is 70.7 Å². The summed E-state index contributed by atoms with van der Waals surface area (Å²) in [5.41, 5.74) is 8.98. The fourth-order valence-electron chi connectivity index (χ4n) is 2.53. The molecule has 0 aliphatic heterocycles. The van der Waals surface area contributed by atoms with E-state index in [1.807, 2.05) is 52.4 Å². The number of thiophene rings is 1. The van der Waals surface area contributed by atoms with Crippen LogP contribution in [0.4, 0.5) is 0 Å². The summed E-state index contributed by atoms with van der Waals surface area (Å²) in [5.74, 6) is 0.694. The summed E-state index contributed by atoms with van der Waals surface area (Å²) in [4.78, 5) is 5.79. The SMILES string of the molecule is NC(c1ccco1)c1c(-c2cccs2)nc2ccc(Cl)cn12. The highest BCUT2D eigenvalue weighted by atomic mass is 35.5. The number of imidazole rings is 1. The lowest BCUT2D eigenvalue weighted by Gasteiger charge is -2.11. The number of halogens is 1. The summed E-state index contributed by atoms with van der Waals surface area (Å²) in [6.45, 7) is 0. The number of hydrogen-bond acceptors (Lipinski definition) is 4. The predicted octanol–water partition coefficient (Wildman–Crippen LogP) is 4.36.